The van der Waals surface area contributed by atoms with Gasteiger partial charge in [-0.05, 0) is 37.5 Å². The fourth-order valence-corrected chi connectivity index (χ4v) is 4.17. The van der Waals surface area contributed by atoms with Crippen molar-refractivity contribution in [3.63, 3.8) is 0 Å². The van der Waals surface area contributed by atoms with Gasteiger partial charge in [0.2, 0.25) is 5.13 Å². The number of hydrazone groups is 1. The number of thiazole rings is 1. The summed E-state index contributed by atoms with van der Waals surface area (Å²) in [5.41, 5.74) is 8.22. The second-order valence-electron chi connectivity index (χ2n) is 7.55. The number of aryl methyl sites for hydroxylation is 1. The number of hydrogen-bond acceptors (Lipinski definition) is 4. The molecular formula is C19H25N3S. The van der Waals surface area contributed by atoms with Crippen LogP contribution in [0, 0.1) is 18.3 Å². The van der Waals surface area contributed by atoms with E-state index in [1.807, 2.05) is 0 Å². The summed E-state index contributed by atoms with van der Waals surface area (Å²) in [5, 5.41) is 7.58. The third-order valence-corrected chi connectivity index (χ3v) is 5.08. The summed E-state index contributed by atoms with van der Waals surface area (Å²) in [4.78, 5) is 4.65. The van der Waals surface area contributed by atoms with Gasteiger partial charge in [0.25, 0.3) is 0 Å². The molecule has 1 aliphatic carbocycles. The van der Waals surface area contributed by atoms with E-state index in [2.05, 4.69) is 72.9 Å². The lowest BCUT2D eigenvalue weighted by molar-refractivity contribution is 0.266. The van der Waals surface area contributed by atoms with Crippen LogP contribution >= 0.6 is 11.3 Å². The molecule has 0 spiro atoms. The van der Waals surface area contributed by atoms with Crippen LogP contribution < -0.4 is 5.43 Å². The van der Waals surface area contributed by atoms with E-state index in [1.165, 1.54) is 17.7 Å². The molecule has 1 aromatic heterocycles. The Morgan fingerprint density at radius 2 is 2.00 bits per heavy atom. The predicted octanol–water partition coefficient (Wildman–Crippen LogP) is 5.73. The van der Waals surface area contributed by atoms with Gasteiger partial charge in [0, 0.05) is 16.7 Å². The summed E-state index contributed by atoms with van der Waals surface area (Å²) in [6, 6.07) is 8.47. The molecule has 23 heavy (non-hydrogen) atoms. The van der Waals surface area contributed by atoms with Crippen molar-refractivity contribution in [2.24, 2.45) is 16.4 Å². The first kappa shape index (κ1) is 16.2. The van der Waals surface area contributed by atoms with Crippen molar-refractivity contribution in [1.29, 1.82) is 0 Å². The largest absolute Gasteiger partial charge is 0.253 e. The standard InChI is InChI=1S/C19H25N3S/c1-13-5-7-15(8-6-13)17-12-23-18(20-17)22-21-16-9-14(2)10-19(3,4)11-16/h5-8,12,14H,9-11H2,1-4H3,(H,20,22)/b21-16-/t14-/m0/s1. The van der Waals surface area contributed by atoms with Gasteiger partial charge in [-0.15, -0.1) is 11.3 Å². The van der Waals surface area contributed by atoms with Gasteiger partial charge in [-0.25, -0.2) is 4.98 Å². The molecule has 0 saturated heterocycles. The number of hydrogen-bond donors (Lipinski definition) is 1. The van der Waals surface area contributed by atoms with Crippen molar-refractivity contribution in [1.82, 2.24) is 4.98 Å². The van der Waals surface area contributed by atoms with Gasteiger partial charge < -0.3 is 0 Å². The number of nitrogens with zero attached hydrogens (tertiary/aromatic N) is 2. The maximum Gasteiger partial charge on any atom is 0.203 e. The highest BCUT2D eigenvalue weighted by molar-refractivity contribution is 7.14. The number of rotatable bonds is 3. The molecule has 0 aliphatic heterocycles. The Balaban J connectivity index is 1.69. The second kappa shape index (κ2) is 6.44. The number of nitrogens with one attached hydrogen (secondary N) is 1. The van der Waals surface area contributed by atoms with E-state index in [9.17, 15) is 0 Å². The fourth-order valence-electron chi connectivity index (χ4n) is 3.51. The summed E-state index contributed by atoms with van der Waals surface area (Å²) in [7, 11) is 0. The highest BCUT2D eigenvalue weighted by atomic mass is 32.1. The Hall–Kier alpha value is -1.68. The summed E-state index contributed by atoms with van der Waals surface area (Å²) in [6.07, 6.45) is 3.44. The molecule has 1 fully saturated rings. The van der Waals surface area contributed by atoms with Gasteiger partial charge in [-0.1, -0.05) is 50.6 Å². The SMILES string of the molecule is Cc1ccc(-c2csc(N/N=C3/C[C@H](C)CC(C)(C)C3)n2)cc1. The van der Waals surface area contributed by atoms with Crippen LogP contribution in [-0.2, 0) is 0 Å². The Labute approximate surface area is 142 Å². The molecule has 1 aromatic carbocycles. The Bertz CT molecular complexity index is 698. The van der Waals surface area contributed by atoms with Crippen LogP contribution in [0.3, 0.4) is 0 Å². The summed E-state index contributed by atoms with van der Waals surface area (Å²) < 4.78 is 0. The number of anilines is 1. The van der Waals surface area contributed by atoms with E-state index in [-0.39, 0.29) is 0 Å². The van der Waals surface area contributed by atoms with Crippen LogP contribution in [0.15, 0.2) is 34.7 Å². The quantitative estimate of drug-likeness (QED) is 0.731. The van der Waals surface area contributed by atoms with Crippen LogP contribution in [0.25, 0.3) is 11.3 Å². The summed E-state index contributed by atoms with van der Waals surface area (Å²) in [6.45, 7) is 9.07. The summed E-state index contributed by atoms with van der Waals surface area (Å²) in [5.74, 6) is 0.707. The zero-order valence-corrected chi connectivity index (χ0v) is 15.2. The molecule has 1 atom stereocenters. The smallest absolute Gasteiger partial charge is 0.203 e. The maximum atomic E-state index is 4.65. The van der Waals surface area contributed by atoms with Crippen molar-refractivity contribution in [3.8, 4) is 11.3 Å². The van der Waals surface area contributed by atoms with E-state index in [1.54, 1.807) is 11.3 Å². The van der Waals surface area contributed by atoms with Gasteiger partial charge >= 0.3 is 0 Å². The van der Waals surface area contributed by atoms with Gasteiger partial charge in [0.1, 0.15) is 0 Å². The minimum atomic E-state index is 0.355. The Kier molecular flexibility index (Phi) is 4.53. The van der Waals surface area contributed by atoms with Crippen LogP contribution in [0.4, 0.5) is 5.13 Å². The molecule has 3 nitrogen and oxygen atoms in total. The van der Waals surface area contributed by atoms with Crippen molar-refractivity contribution in [3.05, 3.63) is 35.2 Å². The van der Waals surface area contributed by atoms with Crippen LogP contribution in [-0.4, -0.2) is 10.7 Å². The van der Waals surface area contributed by atoms with Crippen LogP contribution in [0.1, 0.15) is 45.6 Å². The molecule has 0 bridgehead atoms. The molecule has 0 unspecified atom stereocenters. The Morgan fingerprint density at radius 1 is 1.26 bits per heavy atom. The van der Waals surface area contributed by atoms with E-state index < -0.39 is 0 Å². The van der Waals surface area contributed by atoms with Crippen molar-refractivity contribution in [2.45, 2.75) is 47.0 Å². The third-order valence-electron chi connectivity index (χ3n) is 4.33. The normalized spacial score (nSPS) is 22.3. The maximum absolute atomic E-state index is 4.65. The van der Waals surface area contributed by atoms with Crippen molar-refractivity contribution >= 4 is 22.2 Å². The van der Waals surface area contributed by atoms with Crippen LogP contribution in [0.2, 0.25) is 0 Å². The first-order valence-corrected chi connectivity index (χ1v) is 9.13. The molecule has 0 radical (unpaired) electrons. The van der Waals surface area contributed by atoms with E-state index in [0.29, 0.717) is 11.3 Å². The van der Waals surface area contributed by atoms with Gasteiger partial charge in [-0.3, -0.25) is 5.43 Å². The summed E-state index contributed by atoms with van der Waals surface area (Å²) >= 11 is 1.61. The average Bonchev–Trinajstić information content (AvgIpc) is 2.93. The van der Waals surface area contributed by atoms with E-state index in [4.69, 9.17) is 0 Å². The van der Waals surface area contributed by atoms with Gasteiger partial charge in [0.15, 0.2) is 0 Å². The molecular weight excluding hydrogens is 302 g/mol. The van der Waals surface area contributed by atoms with Crippen molar-refractivity contribution < 1.29 is 0 Å². The van der Waals surface area contributed by atoms with E-state index in [0.717, 1.165) is 29.2 Å². The lowest BCUT2D eigenvalue weighted by atomic mass is 9.72. The average molecular weight is 327 g/mol. The second-order valence-corrected chi connectivity index (χ2v) is 8.41. The molecule has 3 rings (SSSR count). The Morgan fingerprint density at radius 3 is 2.70 bits per heavy atom. The lowest BCUT2D eigenvalue weighted by Crippen LogP contribution is -2.28. The molecule has 2 aromatic rings. The minimum absolute atomic E-state index is 0.355. The topological polar surface area (TPSA) is 37.3 Å². The van der Waals surface area contributed by atoms with Gasteiger partial charge in [-0.2, -0.15) is 5.10 Å². The van der Waals surface area contributed by atoms with Gasteiger partial charge in [0.05, 0.1) is 5.69 Å². The molecule has 4 heteroatoms. The first-order chi connectivity index (χ1) is 10.9. The number of aromatic nitrogens is 1. The first-order valence-electron chi connectivity index (χ1n) is 8.25. The molecule has 1 saturated carbocycles. The zero-order valence-electron chi connectivity index (χ0n) is 14.4. The minimum Gasteiger partial charge on any atom is -0.253 e. The van der Waals surface area contributed by atoms with Crippen LogP contribution in [0.5, 0.6) is 0 Å². The molecule has 1 N–H and O–H groups in total. The monoisotopic (exact) mass is 327 g/mol. The molecule has 122 valence electrons. The molecule has 0 amide bonds. The highest BCUT2D eigenvalue weighted by Gasteiger charge is 2.29. The lowest BCUT2D eigenvalue weighted by Gasteiger charge is -2.34. The molecule has 1 aliphatic rings. The van der Waals surface area contributed by atoms with E-state index >= 15 is 0 Å². The fraction of sp³-hybridized carbons (Fsp3) is 0.474. The third kappa shape index (κ3) is 4.20. The van der Waals surface area contributed by atoms with Crippen molar-refractivity contribution in [2.75, 3.05) is 5.43 Å². The highest BCUT2D eigenvalue weighted by Crippen LogP contribution is 2.37. The molecule has 1 heterocycles. The predicted molar refractivity (Wildman–Crippen MR) is 100 cm³/mol. The zero-order chi connectivity index (χ0) is 16.4. The number of benzene rings is 1.